The van der Waals surface area contributed by atoms with Gasteiger partial charge in [-0.25, -0.2) is 4.79 Å². The summed E-state index contributed by atoms with van der Waals surface area (Å²) in [7, 11) is 0. The third-order valence-electron chi connectivity index (χ3n) is 6.05. The first-order valence-electron chi connectivity index (χ1n) is 11.8. The number of hydrogen-bond acceptors (Lipinski definition) is 6. The number of nitrogen functional groups attached to an aromatic ring is 1. The molecule has 0 unspecified atom stereocenters. The van der Waals surface area contributed by atoms with Gasteiger partial charge in [0.2, 0.25) is 11.8 Å². The molecule has 0 atom stereocenters. The summed E-state index contributed by atoms with van der Waals surface area (Å²) in [6.07, 6.45) is 1.55. The summed E-state index contributed by atoms with van der Waals surface area (Å²) in [5.41, 5.74) is 6.03. The number of nitrogens with two attached hydrogens (primary N) is 1. The molecule has 0 bridgehead atoms. The summed E-state index contributed by atoms with van der Waals surface area (Å²) in [5, 5.41) is 0. The smallest absolute Gasteiger partial charge is 0.330 e. The average Bonchev–Trinajstić information content (AvgIpc) is 3.21. The zero-order chi connectivity index (χ0) is 25.8. The van der Waals surface area contributed by atoms with Gasteiger partial charge in [0, 0.05) is 24.9 Å². The number of hydrogen-bond donors (Lipinski definition) is 2. The predicted molar refractivity (Wildman–Crippen MR) is 136 cm³/mol. The lowest BCUT2D eigenvalue weighted by molar-refractivity contribution is -0.121. The molecule has 4 rings (SSSR count). The van der Waals surface area contributed by atoms with Crippen LogP contribution in [0.25, 0.3) is 0 Å². The number of carbonyl (C=O) groups is 3. The van der Waals surface area contributed by atoms with E-state index in [1.54, 1.807) is 18.2 Å². The van der Waals surface area contributed by atoms with Gasteiger partial charge in [-0.2, -0.15) is 0 Å². The number of unbranched alkanes of at least 4 members (excludes halogenated alkanes) is 1. The van der Waals surface area contributed by atoms with Crippen molar-refractivity contribution in [3.8, 4) is 0 Å². The van der Waals surface area contributed by atoms with Gasteiger partial charge in [0.1, 0.15) is 5.82 Å². The van der Waals surface area contributed by atoms with Crippen LogP contribution in [0.2, 0.25) is 0 Å². The van der Waals surface area contributed by atoms with Crippen molar-refractivity contribution in [2.75, 3.05) is 22.1 Å². The number of nitrogens with zero attached hydrogens (tertiary/aromatic N) is 3. The SMILES string of the molecule is CCCCN(C(=O)c1cccc(N2C(=O)CCC2=O)c1)c1c(N)n(Cc2ccccc2)c(=O)[nH]c1=O. The Hall–Kier alpha value is -4.47. The highest BCUT2D eigenvalue weighted by Crippen LogP contribution is 2.26. The van der Waals surface area contributed by atoms with Gasteiger partial charge in [-0.15, -0.1) is 0 Å². The van der Waals surface area contributed by atoms with Crippen LogP contribution in [0.1, 0.15) is 48.5 Å². The summed E-state index contributed by atoms with van der Waals surface area (Å²) in [5.74, 6) is -1.33. The van der Waals surface area contributed by atoms with Crippen molar-refractivity contribution in [1.29, 1.82) is 0 Å². The lowest BCUT2D eigenvalue weighted by Crippen LogP contribution is -2.41. The van der Waals surface area contributed by atoms with Crippen molar-refractivity contribution in [3.63, 3.8) is 0 Å². The van der Waals surface area contributed by atoms with Crippen LogP contribution in [0.3, 0.4) is 0 Å². The second-order valence-corrected chi connectivity index (χ2v) is 8.55. The van der Waals surface area contributed by atoms with Crippen LogP contribution in [0, 0.1) is 0 Å². The molecule has 1 saturated heterocycles. The molecule has 0 radical (unpaired) electrons. The third kappa shape index (κ3) is 4.83. The third-order valence-corrected chi connectivity index (χ3v) is 6.05. The highest BCUT2D eigenvalue weighted by Gasteiger charge is 2.31. The van der Waals surface area contributed by atoms with Gasteiger partial charge in [0.25, 0.3) is 11.5 Å². The summed E-state index contributed by atoms with van der Waals surface area (Å²) in [4.78, 5) is 68.2. The fourth-order valence-corrected chi connectivity index (χ4v) is 4.19. The zero-order valence-electron chi connectivity index (χ0n) is 19.9. The predicted octanol–water partition coefficient (Wildman–Crippen LogP) is 2.27. The lowest BCUT2D eigenvalue weighted by Gasteiger charge is -2.25. The Kier molecular flexibility index (Phi) is 7.14. The lowest BCUT2D eigenvalue weighted by atomic mass is 10.1. The van der Waals surface area contributed by atoms with Crippen molar-refractivity contribution < 1.29 is 14.4 Å². The molecule has 186 valence electrons. The number of carbonyl (C=O) groups excluding carboxylic acids is 3. The molecule has 2 heterocycles. The van der Waals surface area contributed by atoms with E-state index in [9.17, 15) is 24.0 Å². The number of amides is 3. The topological polar surface area (TPSA) is 139 Å². The van der Waals surface area contributed by atoms with Gasteiger partial charge in [0.05, 0.1) is 12.2 Å². The zero-order valence-corrected chi connectivity index (χ0v) is 19.9. The van der Waals surface area contributed by atoms with Crippen LogP contribution in [-0.2, 0) is 16.1 Å². The number of rotatable bonds is 8. The van der Waals surface area contributed by atoms with Crippen LogP contribution in [-0.4, -0.2) is 33.8 Å². The fourth-order valence-electron chi connectivity index (χ4n) is 4.19. The standard InChI is InChI=1S/C26H27N5O5/c1-2-3-14-29(25(35)18-10-7-11-19(15-18)31-20(32)12-13-21(31)33)22-23(27)30(26(36)28-24(22)34)16-17-8-5-4-6-9-17/h4-11,15H,2-3,12-14,16,27H2,1H3,(H,28,34,36). The molecule has 1 aromatic heterocycles. The van der Waals surface area contributed by atoms with Crippen molar-refractivity contribution in [3.05, 3.63) is 86.6 Å². The molecule has 36 heavy (non-hydrogen) atoms. The second-order valence-electron chi connectivity index (χ2n) is 8.55. The van der Waals surface area contributed by atoms with Gasteiger partial charge >= 0.3 is 5.69 Å². The maximum atomic E-state index is 13.7. The van der Waals surface area contributed by atoms with E-state index in [2.05, 4.69) is 4.98 Å². The van der Waals surface area contributed by atoms with Crippen LogP contribution >= 0.6 is 0 Å². The molecule has 1 fully saturated rings. The molecule has 10 heteroatoms. The van der Waals surface area contributed by atoms with E-state index in [4.69, 9.17) is 5.73 Å². The monoisotopic (exact) mass is 489 g/mol. The van der Waals surface area contributed by atoms with Crippen LogP contribution in [0.15, 0.2) is 64.2 Å². The summed E-state index contributed by atoms with van der Waals surface area (Å²) in [6.45, 7) is 2.23. The molecular weight excluding hydrogens is 462 g/mol. The van der Waals surface area contributed by atoms with Crippen molar-refractivity contribution in [1.82, 2.24) is 9.55 Å². The van der Waals surface area contributed by atoms with Crippen molar-refractivity contribution in [2.24, 2.45) is 0 Å². The molecule has 1 aliphatic rings. The number of benzene rings is 2. The first kappa shape index (κ1) is 24.6. The summed E-state index contributed by atoms with van der Waals surface area (Å²) in [6, 6.07) is 15.3. The van der Waals surface area contributed by atoms with Crippen LogP contribution < -0.4 is 26.8 Å². The molecule has 2 aromatic carbocycles. The Labute approximate surface area is 207 Å². The largest absolute Gasteiger partial charge is 0.383 e. The van der Waals surface area contributed by atoms with Gasteiger partial charge in [-0.3, -0.25) is 33.6 Å². The van der Waals surface area contributed by atoms with Gasteiger partial charge < -0.3 is 10.6 Å². The molecular formula is C26H27N5O5. The molecule has 0 saturated carbocycles. The van der Waals surface area contributed by atoms with Gasteiger partial charge in [-0.05, 0) is 30.2 Å². The Morgan fingerprint density at radius 2 is 1.69 bits per heavy atom. The maximum Gasteiger partial charge on any atom is 0.330 e. The number of aromatic amines is 1. The van der Waals surface area contributed by atoms with E-state index in [0.717, 1.165) is 16.9 Å². The molecule has 3 amide bonds. The van der Waals surface area contributed by atoms with E-state index < -0.39 is 17.2 Å². The van der Waals surface area contributed by atoms with E-state index in [0.29, 0.717) is 12.1 Å². The number of anilines is 3. The number of H-pyrrole nitrogens is 1. The molecule has 3 N–H and O–H groups in total. The van der Waals surface area contributed by atoms with Crippen molar-refractivity contribution in [2.45, 2.75) is 39.2 Å². The quantitative estimate of drug-likeness (QED) is 0.466. The molecule has 1 aliphatic heterocycles. The Morgan fingerprint density at radius 3 is 2.36 bits per heavy atom. The first-order chi connectivity index (χ1) is 17.3. The Bertz CT molecular complexity index is 1410. The number of aromatic nitrogens is 2. The van der Waals surface area contributed by atoms with Crippen molar-refractivity contribution >= 4 is 34.9 Å². The number of nitrogens with one attached hydrogen (secondary N) is 1. The Balaban J connectivity index is 1.77. The minimum Gasteiger partial charge on any atom is -0.383 e. The molecule has 10 nitrogen and oxygen atoms in total. The van der Waals surface area contributed by atoms with E-state index in [-0.39, 0.29) is 54.8 Å². The molecule has 0 spiro atoms. The van der Waals surface area contributed by atoms with Crippen LogP contribution in [0.4, 0.5) is 17.2 Å². The first-order valence-corrected chi connectivity index (χ1v) is 11.8. The van der Waals surface area contributed by atoms with E-state index >= 15 is 0 Å². The minimum atomic E-state index is -0.771. The van der Waals surface area contributed by atoms with E-state index in [1.807, 2.05) is 37.3 Å². The van der Waals surface area contributed by atoms with E-state index in [1.165, 1.54) is 15.5 Å². The minimum absolute atomic E-state index is 0.111. The molecule has 3 aromatic rings. The number of imide groups is 1. The highest BCUT2D eigenvalue weighted by molar-refractivity contribution is 6.20. The average molecular weight is 490 g/mol. The maximum absolute atomic E-state index is 13.7. The van der Waals surface area contributed by atoms with Gasteiger partial charge in [-0.1, -0.05) is 49.7 Å². The normalized spacial score (nSPS) is 13.3. The summed E-state index contributed by atoms with van der Waals surface area (Å²) < 4.78 is 1.22. The molecule has 0 aliphatic carbocycles. The highest BCUT2D eigenvalue weighted by atomic mass is 16.2. The Morgan fingerprint density at radius 1 is 1.00 bits per heavy atom. The summed E-state index contributed by atoms with van der Waals surface area (Å²) >= 11 is 0. The fraction of sp³-hybridized carbons (Fsp3) is 0.269. The van der Waals surface area contributed by atoms with Crippen LogP contribution in [0.5, 0.6) is 0 Å². The second kappa shape index (κ2) is 10.4. The van der Waals surface area contributed by atoms with Gasteiger partial charge in [0.15, 0.2) is 5.69 Å².